The maximum atomic E-state index is 13.0. The second-order valence-corrected chi connectivity index (χ2v) is 18.5. The van der Waals surface area contributed by atoms with E-state index in [4.69, 9.17) is 0 Å². The Morgan fingerprint density at radius 1 is 0.783 bits per heavy atom. The average Bonchev–Trinajstić information content (AvgIpc) is 3.26. The van der Waals surface area contributed by atoms with Crippen LogP contribution in [0.25, 0.3) is 0 Å². The van der Waals surface area contributed by atoms with Crippen LogP contribution in [0.1, 0.15) is 149 Å². The smallest absolute Gasteiger partial charge is 0.393 e. The highest BCUT2D eigenvalue weighted by Crippen LogP contribution is 2.68. The van der Waals surface area contributed by atoms with Gasteiger partial charge in [-0.05, 0) is 91.8 Å². The van der Waals surface area contributed by atoms with E-state index in [-0.39, 0.29) is 22.7 Å². The van der Waals surface area contributed by atoms with E-state index in [2.05, 4.69) is 13.8 Å². The van der Waals surface area contributed by atoms with E-state index in [1.165, 1.54) is 44.9 Å². The van der Waals surface area contributed by atoms with E-state index in [9.17, 15) is 40.3 Å². The highest BCUT2D eigenvalue weighted by molar-refractivity contribution is 7.91. The number of hydrogen-bond acceptors (Lipinski definition) is 4. The first kappa shape index (κ1) is 38.0. The third-order valence-electron chi connectivity index (χ3n) is 13.1. The SMILES string of the molecule is C[C@]12CCC(=O)CC1CC[C@@H]1[C@H]2C(CCCCCCCCCCCCS(=O)(=O)CCCC(F)(F)C(F)(F)F)C[C@]2(C)C(O)CC[C@@H]12. The lowest BCUT2D eigenvalue weighted by Gasteiger charge is -2.62. The summed E-state index contributed by atoms with van der Waals surface area (Å²) >= 11 is 0. The lowest BCUT2D eigenvalue weighted by Crippen LogP contribution is -2.57. The molecule has 4 aliphatic rings. The molecule has 0 aromatic heterocycles. The molecule has 4 saturated carbocycles. The number of unbranched alkanes of at least 4 members (excludes halogenated alkanes) is 9. The van der Waals surface area contributed by atoms with Crippen molar-refractivity contribution >= 4 is 15.6 Å². The minimum Gasteiger partial charge on any atom is -0.393 e. The van der Waals surface area contributed by atoms with Crippen molar-refractivity contribution in [2.75, 3.05) is 11.5 Å². The first-order valence-electron chi connectivity index (χ1n) is 18.3. The van der Waals surface area contributed by atoms with Gasteiger partial charge < -0.3 is 5.11 Å². The predicted molar refractivity (Wildman–Crippen MR) is 171 cm³/mol. The number of Topliss-reactive ketones (excluding diaryl/α,β-unsaturated/α-hetero) is 1. The molecule has 0 radical (unpaired) electrons. The molecule has 4 rings (SSSR count). The van der Waals surface area contributed by atoms with Gasteiger partial charge in [-0.25, -0.2) is 8.42 Å². The zero-order valence-corrected chi connectivity index (χ0v) is 29.0. The van der Waals surface area contributed by atoms with Crippen LogP contribution >= 0.6 is 0 Å². The van der Waals surface area contributed by atoms with Gasteiger partial charge in [0.25, 0.3) is 0 Å². The first-order chi connectivity index (χ1) is 21.5. The number of hydrogen-bond donors (Lipinski definition) is 1. The van der Waals surface area contributed by atoms with Crippen molar-refractivity contribution < 1.29 is 40.3 Å². The Bertz CT molecular complexity index is 1110. The highest BCUT2D eigenvalue weighted by atomic mass is 32.2. The van der Waals surface area contributed by atoms with Gasteiger partial charge in [0.2, 0.25) is 0 Å². The van der Waals surface area contributed by atoms with Crippen molar-refractivity contribution in [1.29, 1.82) is 0 Å². The molecule has 0 aromatic rings. The normalized spacial score (nSPS) is 35.1. The van der Waals surface area contributed by atoms with Crippen molar-refractivity contribution in [1.82, 2.24) is 0 Å². The molecule has 4 fully saturated rings. The van der Waals surface area contributed by atoms with Crippen molar-refractivity contribution in [3.05, 3.63) is 0 Å². The Kier molecular flexibility index (Phi) is 12.7. The predicted octanol–water partition coefficient (Wildman–Crippen LogP) is 9.87. The fourth-order valence-electron chi connectivity index (χ4n) is 10.6. The molecule has 4 nitrogen and oxygen atoms in total. The number of alkyl halides is 5. The van der Waals surface area contributed by atoms with Gasteiger partial charge in [0.05, 0.1) is 17.6 Å². The molecule has 0 aliphatic heterocycles. The van der Waals surface area contributed by atoms with Gasteiger partial charge >= 0.3 is 12.1 Å². The summed E-state index contributed by atoms with van der Waals surface area (Å²) in [6.07, 6.45) is 11.4. The maximum absolute atomic E-state index is 13.0. The van der Waals surface area contributed by atoms with Crippen LogP contribution in [0.15, 0.2) is 0 Å². The van der Waals surface area contributed by atoms with E-state index in [1.807, 2.05) is 0 Å². The van der Waals surface area contributed by atoms with E-state index in [1.54, 1.807) is 0 Å². The van der Waals surface area contributed by atoms with E-state index in [0.29, 0.717) is 48.2 Å². The van der Waals surface area contributed by atoms with Crippen molar-refractivity contribution in [2.45, 2.75) is 167 Å². The molecule has 1 N–H and O–H groups in total. The standard InChI is InChI=1S/C36H59F5O4S/c1-33-21-19-28(42)24-27(33)15-16-29-30-17-18-31(43)34(30,2)25-26(32(29)33)14-11-9-7-5-3-4-6-8-10-12-22-46(44,45)23-13-20-35(37,38)36(39,40)41/h26-27,29-32,43H,3-25H2,1-2H3/t26?,27?,29-,30-,31?,32+,33-,34-/m0/s1. The monoisotopic (exact) mass is 682 g/mol. The van der Waals surface area contributed by atoms with Crippen LogP contribution in [-0.4, -0.2) is 49.0 Å². The third-order valence-corrected chi connectivity index (χ3v) is 15.0. The zero-order chi connectivity index (χ0) is 33.8. The number of carbonyl (C=O) groups excluding carboxylic acids is 1. The Hall–Kier alpha value is -0.770. The fourth-order valence-corrected chi connectivity index (χ4v) is 12.0. The number of fused-ring (bicyclic) bond motifs is 5. The molecule has 0 aromatic carbocycles. The number of carbonyl (C=O) groups is 1. The summed E-state index contributed by atoms with van der Waals surface area (Å²) in [7, 11) is -3.62. The summed E-state index contributed by atoms with van der Waals surface area (Å²) < 4.78 is 86.7. The molecule has 0 heterocycles. The van der Waals surface area contributed by atoms with Crippen LogP contribution in [-0.2, 0) is 14.6 Å². The lowest BCUT2D eigenvalue weighted by atomic mass is 9.42. The number of ketones is 1. The Labute approximate surface area is 274 Å². The van der Waals surface area contributed by atoms with Crippen molar-refractivity contribution in [3.63, 3.8) is 0 Å². The molecule has 0 amide bonds. The number of halogens is 5. The Morgan fingerprint density at radius 2 is 1.37 bits per heavy atom. The second kappa shape index (κ2) is 15.4. The third kappa shape index (κ3) is 8.87. The van der Waals surface area contributed by atoms with Gasteiger partial charge in [0.1, 0.15) is 15.6 Å². The maximum Gasteiger partial charge on any atom is 0.453 e. The summed E-state index contributed by atoms with van der Waals surface area (Å²) in [5, 5.41) is 11.1. The minimum absolute atomic E-state index is 0.0398. The summed E-state index contributed by atoms with van der Waals surface area (Å²) in [6, 6.07) is 0. The number of aliphatic hydroxyl groups excluding tert-OH is 1. The fraction of sp³-hybridized carbons (Fsp3) is 0.972. The summed E-state index contributed by atoms with van der Waals surface area (Å²) in [5.74, 6) is -2.04. The first-order valence-corrected chi connectivity index (χ1v) is 20.2. The van der Waals surface area contributed by atoms with Crippen LogP contribution in [0.4, 0.5) is 22.0 Å². The van der Waals surface area contributed by atoms with Gasteiger partial charge in [-0.15, -0.1) is 0 Å². The molecule has 3 unspecified atom stereocenters. The van der Waals surface area contributed by atoms with Gasteiger partial charge in [0, 0.05) is 19.3 Å². The van der Waals surface area contributed by atoms with Gasteiger partial charge in [-0.2, -0.15) is 22.0 Å². The molecule has 10 heteroatoms. The number of aliphatic hydroxyl groups is 1. The second-order valence-electron chi connectivity index (χ2n) is 16.2. The molecule has 8 atom stereocenters. The quantitative estimate of drug-likeness (QED) is 0.123. The summed E-state index contributed by atoms with van der Waals surface area (Å²) in [6.45, 7) is 4.87. The molecule has 0 spiro atoms. The topological polar surface area (TPSA) is 71.4 Å². The van der Waals surface area contributed by atoms with Crippen molar-refractivity contribution in [2.24, 2.45) is 40.4 Å². The van der Waals surface area contributed by atoms with Gasteiger partial charge in [-0.3, -0.25) is 4.79 Å². The zero-order valence-electron chi connectivity index (χ0n) is 28.2. The van der Waals surface area contributed by atoms with Gasteiger partial charge in [0.15, 0.2) is 0 Å². The summed E-state index contributed by atoms with van der Waals surface area (Å²) in [4.78, 5) is 12.4. The van der Waals surface area contributed by atoms with Crippen LogP contribution in [0, 0.1) is 40.4 Å². The molecule has 268 valence electrons. The molecule has 0 bridgehead atoms. The highest BCUT2D eigenvalue weighted by Gasteiger charge is 2.62. The molecule has 0 saturated heterocycles. The minimum atomic E-state index is -5.64. The van der Waals surface area contributed by atoms with Crippen molar-refractivity contribution in [3.8, 4) is 0 Å². The Balaban J connectivity index is 1.10. The average molecular weight is 683 g/mol. The molecular formula is C36H59F5O4S. The largest absolute Gasteiger partial charge is 0.453 e. The van der Waals surface area contributed by atoms with E-state index >= 15 is 0 Å². The van der Waals surface area contributed by atoms with Gasteiger partial charge in [-0.1, -0.05) is 78.1 Å². The van der Waals surface area contributed by atoms with Crippen LogP contribution in [0.5, 0.6) is 0 Å². The molecule has 46 heavy (non-hydrogen) atoms. The number of rotatable bonds is 17. The van der Waals surface area contributed by atoms with Crippen LogP contribution < -0.4 is 0 Å². The molecule has 4 aliphatic carbocycles. The number of sulfone groups is 1. The molecular weight excluding hydrogens is 623 g/mol. The lowest BCUT2D eigenvalue weighted by molar-refractivity contribution is -0.284. The van der Waals surface area contributed by atoms with Crippen LogP contribution in [0.3, 0.4) is 0 Å². The summed E-state index contributed by atoms with van der Waals surface area (Å²) in [5.41, 5.74) is 0.299. The Morgan fingerprint density at radius 3 is 2.00 bits per heavy atom. The van der Waals surface area contributed by atoms with Crippen LogP contribution in [0.2, 0.25) is 0 Å². The van der Waals surface area contributed by atoms with E-state index < -0.39 is 40.5 Å². The van der Waals surface area contributed by atoms with E-state index in [0.717, 1.165) is 64.2 Å².